The zero-order valence-electron chi connectivity index (χ0n) is 17.4. The van der Waals surface area contributed by atoms with E-state index in [4.69, 9.17) is 4.74 Å². The van der Waals surface area contributed by atoms with Gasteiger partial charge < -0.3 is 10.1 Å². The SMILES string of the molecule is CC(C)c1ccccc1NC(=O)COC(=O)c1ccccc1CCc1ccccc1. The molecule has 3 aromatic rings. The molecule has 0 heterocycles. The topological polar surface area (TPSA) is 55.4 Å². The number of aryl methyl sites for hydroxylation is 2. The lowest BCUT2D eigenvalue weighted by atomic mass is 10.00. The molecule has 0 bridgehead atoms. The van der Waals surface area contributed by atoms with Crippen molar-refractivity contribution in [3.8, 4) is 0 Å². The average Bonchev–Trinajstić information content (AvgIpc) is 2.77. The second-order valence-electron chi connectivity index (χ2n) is 7.51. The van der Waals surface area contributed by atoms with E-state index in [2.05, 4.69) is 31.3 Å². The maximum atomic E-state index is 12.6. The number of benzene rings is 3. The summed E-state index contributed by atoms with van der Waals surface area (Å²) in [5, 5.41) is 2.84. The molecule has 0 aliphatic heterocycles. The molecule has 0 saturated carbocycles. The first-order valence-electron chi connectivity index (χ1n) is 10.2. The molecule has 1 N–H and O–H groups in total. The highest BCUT2D eigenvalue weighted by Gasteiger charge is 2.15. The highest BCUT2D eigenvalue weighted by molar-refractivity contribution is 5.96. The van der Waals surface area contributed by atoms with Gasteiger partial charge >= 0.3 is 5.97 Å². The van der Waals surface area contributed by atoms with Gasteiger partial charge in [0.1, 0.15) is 0 Å². The van der Waals surface area contributed by atoms with E-state index in [1.54, 1.807) is 6.07 Å². The highest BCUT2D eigenvalue weighted by atomic mass is 16.5. The largest absolute Gasteiger partial charge is 0.452 e. The standard InChI is InChI=1S/C26H27NO3/c1-19(2)22-13-8-9-15-24(22)27-25(28)18-30-26(29)23-14-7-6-12-21(23)17-16-20-10-4-3-5-11-20/h3-15,19H,16-18H2,1-2H3,(H,27,28). The fourth-order valence-electron chi connectivity index (χ4n) is 3.37. The average molecular weight is 402 g/mol. The van der Waals surface area contributed by atoms with E-state index in [0.29, 0.717) is 5.56 Å². The maximum absolute atomic E-state index is 12.6. The quantitative estimate of drug-likeness (QED) is 0.515. The molecule has 0 aliphatic rings. The molecule has 0 atom stereocenters. The van der Waals surface area contributed by atoms with Crippen LogP contribution in [0.1, 0.15) is 46.8 Å². The summed E-state index contributed by atoms with van der Waals surface area (Å²) < 4.78 is 5.30. The number of ether oxygens (including phenoxy) is 1. The Morgan fingerprint density at radius 2 is 1.50 bits per heavy atom. The zero-order valence-corrected chi connectivity index (χ0v) is 17.4. The smallest absolute Gasteiger partial charge is 0.338 e. The van der Waals surface area contributed by atoms with Gasteiger partial charge in [0.25, 0.3) is 5.91 Å². The lowest BCUT2D eigenvalue weighted by Crippen LogP contribution is -2.22. The van der Waals surface area contributed by atoms with Crippen molar-refractivity contribution in [2.24, 2.45) is 0 Å². The van der Waals surface area contributed by atoms with Crippen molar-refractivity contribution in [1.29, 1.82) is 0 Å². The second kappa shape index (κ2) is 10.4. The van der Waals surface area contributed by atoms with Gasteiger partial charge in [0, 0.05) is 5.69 Å². The zero-order chi connectivity index (χ0) is 21.3. The van der Waals surface area contributed by atoms with Crippen molar-refractivity contribution in [2.75, 3.05) is 11.9 Å². The highest BCUT2D eigenvalue weighted by Crippen LogP contribution is 2.23. The normalized spacial score (nSPS) is 10.6. The molecule has 0 unspecified atom stereocenters. The number of para-hydroxylation sites is 1. The van der Waals surface area contributed by atoms with Gasteiger partial charge in [-0.05, 0) is 47.6 Å². The first-order chi connectivity index (χ1) is 14.5. The number of nitrogens with one attached hydrogen (secondary N) is 1. The number of rotatable bonds is 8. The van der Waals surface area contributed by atoms with Crippen LogP contribution in [0.25, 0.3) is 0 Å². The third-order valence-corrected chi connectivity index (χ3v) is 4.95. The van der Waals surface area contributed by atoms with Crippen LogP contribution in [0.2, 0.25) is 0 Å². The molecule has 3 rings (SSSR count). The van der Waals surface area contributed by atoms with E-state index < -0.39 is 5.97 Å². The number of esters is 1. The van der Waals surface area contributed by atoms with Crippen LogP contribution in [0.15, 0.2) is 78.9 Å². The van der Waals surface area contributed by atoms with Gasteiger partial charge in [0.05, 0.1) is 5.56 Å². The van der Waals surface area contributed by atoms with Crippen LogP contribution in [0.4, 0.5) is 5.69 Å². The summed E-state index contributed by atoms with van der Waals surface area (Å²) in [7, 11) is 0. The van der Waals surface area contributed by atoms with Crippen LogP contribution in [-0.2, 0) is 22.4 Å². The first kappa shape index (κ1) is 21.3. The molecule has 154 valence electrons. The minimum Gasteiger partial charge on any atom is -0.452 e. The molecule has 4 nitrogen and oxygen atoms in total. The molecule has 0 fully saturated rings. The van der Waals surface area contributed by atoms with Crippen molar-refractivity contribution < 1.29 is 14.3 Å². The molecular weight excluding hydrogens is 374 g/mol. The lowest BCUT2D eigenvalue weighted by Gasteiger charge is -2.14. The third-order valence-electron chi connectivity index (χ3n) is 4.95. The molecular formula is C26H27NO3. The minimum absolute atomic E-state index is 0.278. The van der Waals surface area contributed by atoms with Gasteiger partial charge in [-0.25, -0.2) is 4.79 Å². The van der Waals surface area contributed by atoms with Gasteiger partial charge in [-0.3, -0.25) is 4.79 Å². The summed E-state index contributed by atoms with van der Waals surface area (Å²) in [4.78, 5) is 24.9. The van der Waals surface area contributed by atoms with E-state index in [1.807, 2.05) is 60.7 Å². The summed E-state index contributed by atoms with van der Waals surface area (Å²) >= 11 is 0. The van der Waals surface area contributed by atoms with Gasteiger partial charge in [-0.1, -0.05) is 80.6 Å². The number of hydrogen-bond donors (Lipinski definition) is 1. The summed E-state index contributed by atoms with van der Waals surface area (Å²) in [5.74, 6) is -0.551. The molecule has 1 amide bonds. The van der Waals surface area contributed by atoms with E-state index in [1.165, 1.54) is 5.56 Å². The molecule has 0 aromatic heterocycles. The van der Waals surface area contributed by atoms with Crippen LogP contribution in [0.5, 0.6) is 0 Å². The summed E-state index contributed by atoms with van der Waals surface area (Å²) in [6.07, 6.45) is 1.56. The lowest BCUT2D eigenvalue weighted by molar-refractivity contribution is -0.119. The number of amides is 1. The number of carbonyl (C=O) groups excluding carboxylic acids is 2. The van der Waals surface area contributed by atoms with Gasteiger partial charge in [-0.2, -0.15) is 0 Å². The van der Waals surface area contributed by atoms with Crippen LogP contribution in [-0.4, -0.2) is 18.5 Å². The Bertz CT molecular complexity index is 996. The Hall–Kier alpha value is -3.40. The predicted octanol–water partition coefficient (Wildman–Crippen LogP) is 5.39. The number of hydrogen-bond acceptors (Lipinski definition) is 3. The van der Waals surface area contributed by atoms with Crippen LogP contribution < -0.4 is 5.32 Å². The molecule has 0 aliphatic carbocycles. The molecule has 0 saturated heterocycles. The summed E-state index contributed by atoms with van der Waals surface area (Å²) in [6.45, 7) is 3.81. The Morgan fingerprint density at radius 1 is 0.833 bits per heavy atom. The summed E-state index contributed by atoms with van der Waals surface area (Å²) in [5.41, 5.74) is 4.42. The van der Waals surface area contributed by atoms with Crippen molar-refractivity contribution >= 4 is 17.6 Å². The maximum Gasteiger partial charge on any atom is 0.338 e. The van der Waals surface area contributed by atoms with Crippen LogP contribution in [0.3, 0.4) is 0 Å². The van der Waals surface area contributed by atoms with E-state index in [9.17, 15) is 9.59 Å². The molecule has 4 heteroatoms. The number of anilines is 1. The van der Waals surface area contributed by atoms with E-state index in [-0.39, 0.29) is 18.4 Å². The van der Waals surface area contributed by atoms with Gasteiger partial charge in [0.2, 0.25) is 0 Å². The third kappa shape index (κ3) is 5.80. The predicted molar refractivity (Wildman–Crippen MR) is 120 cm³/mol. The monoisotopic (exact) mass is 401 g/mol. The van der Waals surface area contributed by atoms with Gasteiger partial charge in [0.15, 0.2) is 6.61 Å². The van der Waals surface area contributed by atoms with Crippen LogP contribution in [0, 0.1) is 0 Å². The van der Waals surface area contributed by atoms with Crippen molar-refractivity contribution in [1.82, 2.24) is 0 Å². The van der Waals surface area contributed by atoms with Crippen molar-refractivity contribution in [3.05, 3.63) is 101 Å². The summed E-state index contributed by atoms with van der Waals surface area (Å²) in [6, 6.07) is 25.2. The molecule has 30 heavy (non-hydrogen) atoms. The molecule has 3 aromatic carbocycles. The Balaban J connectivity index is 1.59. The Labute approximate surface area is 177 Å². The first-order valence-corrected chi connectivity index (χ1v) is 10.2. The van der Waals surface area contributed by atoms with Crippen molar-refractivity contribution in [2.45, 2.75) is 32.6 Å². The van der Waals surface area contributed by atoms with E-state index >= 15 is 0 Å². The van der Waals surface area contributed by atoms with E-state index in [0.717, 1.165) is 29.7 Å². The Morgan fingerprint density at radius 3 is 2.27 bits per heavy atom. The van der Waals surface area contributed by atoms with Gasteiger partial charge in [-0.15, -0.1) is 0 Å². The minimum atomic E-state index is -0.481. The fourth-order valence-corrected chi connectivity index (χ4v) is 3.37. The second-order valence-corrected chi connectivity index (χ2v) is 7.51. The molecule has 0 spiro atoms. The van der Waals surface area contributed by atoms with Crippen molar-refractivity contribution in [3.63, 3.8) is 0 Å². The number of carbonyl (C=O) groups is 2. The molecule has 0 radical (unpaired) electrons. The van der Waals surface area contributed by atoms with Crippen LogP contribution >= 0.6 is 0 Å². The Kier molecular flexibility index (Phi) is 7.39. The fraction of sp³-hybridized carbons (Fsp3) is 0.231.